The molecule has 0 radical (unpaired) electrons. The largest absolute Gasteiger partial charge is 0.466 e. The molecule has 0 rings (SSSR count). The third-order valence-electron chi connectivity index (χ3n) is 2.88. The number of hydrogen-bond donors (Lipinski definition) is 2. The lowest BCUT2D eigenvalue weighted by atomic mass is 9.74. The van der Waals surface area contributed by atoms with Gasteiger partial charge in [0.2, 0.25) is 0 Å². The first-order valence-corrected chi connectivity index (χ1v) is 5.29. The number of hydrogen-bond acceptors (Lipinski definition) is 4. The lowest BCUT2D eigenvalue weighted by Gasteiger charge is -2.37. The summed E-state index contributed by atoms with van der Waals surface area (Å²) in [4.78, 5) is 11.2. The maximum Gasteiger partial charge on any atom is 0.335 e. The highest BCUT2D eigenvalue weighted by Crippen LogP contribution is 2.33. The molecule has 2 N–H and O–H groups in total. The Bertz CT molecular complexity index is 268. The van der Waals surface area contributed by atoms with Gasteiger partial charge in [0.15, 0.2) is 0 Å². The minimum Gasteiger partial charge on any atom is -0.466 e. The van der Waals surface area contributed by atoms with Gasteiger partial charge in [-0.05, 0) is 5.92 Å². The zero-order valence-electron chi connectivity index (χ0n) is 10.7. The number of ether oxygens (including phenoxy) is 1. The Morgan fingerprint density at radius 3 is 2.06 bits per heavy atom. The standard InChI is InChI=1S/C12H22O4/c1-7(2)9(13)12(4,5)10(14)8(3)11(15)16-6/h7,9-10,13-14H,3H2,1-2,4-6H3. The fourth-order valence-corrected chi connectivity index (χ4v) is 1.71. The van der Waals surface area contributed by atoms with Crippen molar-refractivity contribution in [3.63, 3.8) is 0 Å². The molecule has 0 saturated carbocycles. The Kier molecular flexibility index (Phi) is 5.16. The molecule has 2 atom stereocenters. The van der Waals surface area contributed by atoms with Gasteiger partial charge in [0.25, 0.3) is 0 Å². The van der Waals surface area contributed by atoms with Crippen LogP contribution in [-0.2, 0) is 9.53 Å². The predicted octanol–water partition coefficient (Wildman–Crippen LogP) is 1.12. The second-order valence-electron chi connectivity index (χ2n) is 4.93. The Hall–Kier alpha value is -0.870. The topological polar surface area (TPSA) is 66.8 Å². The molecule has 0 fully saturated rings. The van der Waals surface area contributed by atoms with Gasteiger partial charge in [0.05, 0.1) is 24.9 Å². The molecule has 16 heavy (non-hydrogen) atoms. The second kappa shape index (κ2) is 5.46. The second-order valence-corrected chi connectivity index (χ2v) is 4.93. The van der Waals surface area contributed by atoms with Crippen LogP contribution in [0.1, 0.15) is 27.7 Å². The van der Waals surface area contributed by atoms with Crippen molar-refractivity contribution in [1.29, 1.82) is 0 Å². The first-order chi connectivity index (χ1) is 7.16. The number of methoxy groups -OCH3 is 1. The summed E-state index contributed by atoms with van der Waals surface area (Å²) in [5, 5.41) is 20.0. The Morgan fingerprint density at radius 2 is 1.75 bits per heavy atom. The van der Waals surface area contributed by atoms with Gasteiger partial charge in [0, 0.05) is 5.41 Å². The van der Waals surface area contributed by atoms with Gasteiger partial charge in [-0.25, -0.2) is 4.79 Å². The van der Waals surface area contributed by atoms with Gasteiger partial charge in [0.1, 0.15) is 0 Å². The van der Waals surface area contributed by atoms with E-state index in [9.17, 15) is 15.0 Å². The van der Waals surface area contributed by atoms with E-state index in [0.717, 1.165) is 0 Å². The molecule has 0 aliphatic rings. The molecule has 0 bridgehead atoms. The van der Waals surface area contributed by atoms with Crippen LogP contribution >= 0.6 is 0 Å². The predicted molar refractivity (Wildman–Crippen MR) is 61.8 cm³/mol. The molecule has 0 aromatic rings. The van der Waals surface area contributed by atoms with E-state index in [2.05, 4.69) is 11.3 Å². The maximum atomic E-state index is 11.2. The molecule has 0 aromatic heterocycles. The van der Waals surface area contributed by atoms with Crippen molar-refractivity contribution in [2.24, 2.45) is 11.3 Å². The quantitative estimate of drug-likeness (QED) is 0.548. The molecule has 2 unspecified atom stereocenters. The minimum atomic E-state index is -1.13. The molecule has 0 spiro atoms. The Labute approximate surface area is 96.9 Å². The number of aliphatic hydroxyl groups is 2. The summed E-state index contributed by atoms with van der Waals surface area (Å²) >= 11 is 0. The summed E-state index contributed by atoms with van der Waals surface area (Å²) in [5.41, 5.74) is -0.883. The van der Waals surface area contributed by atoms with E-state index >= 15 is 0 Å². The summed E-state index contributed by atoms with van der Waals surface area (Å²) in [7, 11) is 1.23. The third kappa shape index (κ3) is 3.06. The highest BCUT2D eigenvalue weighted by molar-refractivity contribution is 5.88. The summed E-state index contributed by atoms with van der Waals surface area (Å²) in [6.07, 6.45) is -1.86. The highest BCUT2D eigenvalue weighted by atomic mass is 16.5. The molecule has 0 aliphatic heterocycles. The monoisotopic (exact) mass is 230 g/mol. The molecule has 4 nitrogen and oxygen atoms in total. The van der Waals surface area contributed by atoms with Crippen LogP contribution in [0.4, 0.5) is 0 Å². The molecular formula is C12H22O4. The molecule has 0 amide bonds. The molecular weight excluding hydrogens is 208 g/mol. The van der Waals surface area contributed by atoms with E-state index in [4.69, 9.17) is 0 Å². The first kappa shape index (κ1) is 15.1. The van der Waals surface area contributed by atoms with Crippen LogP contribution in [0.2, 0.25) is 0 Å². The van der Waals surface area contributed by atoms with E-state index in [-0.39, 0.29) is 11.5 Å². The normalized spacial score (nSPS) is 15.8. The Morgan fingerprint density at radius 1 is 1.31 bits per heavy atom. The van der Waals surface area contributed by atoms with Crippen LogP contribution in [0.15, 0.2) is 12.2 Å². The van der Waals surface area contributed by atoms with Crippen molar-refractivity contribution in [2.45, 2.75) is 39.9 Å². The van der Waals surface area contributed by atoms with Crippen LogP contribution in [-0.4, -0.2) is 35.5 Å². The third-order valence-corrected chi connectivity index (χ3v) is 2.88. The van der Waals surface area contributed by atoms with Crippen molar-refractivity contribution in [3.8, 4) is 0 Å². The highest BCUT2D eigenvalue weighted by Gasteiger charge is 2.40. The Balaban J connectivity index is 4.89. The van der Waals surface area contributed by atoms with E-state index in [1.165, 1.54) is 7.11 Å². The van der Waals surface area contributed by atoms with Crippen LogP contribution in [0, 0.1) is 11.3 Å². The van der Waals surface area contributed by atoms with Gasteiger partial charge in [-0.1, -0.05) is 34.3 Å². The van der Waals surface area contributed by atoms with Crippen molar-refractivity contribution in [3.05, 3.63) is 12.2 Å². The van der Waals surface area contributed by atoms with Crippen LogP contribution in [0.25, 0.3) is 0 Å². The molecule has 0 aromatic carbocycles. The minimum absolute atomic E-state index is 0.0184. The average molecular weight is 230 g/mol. The average Bonchev–Trinajstić information content (AvgIpc) is 2.24. The lowest BCUT2D eigenvalue weighted by Crippen LogP contribution is -2.45. The number of esters is 1. The lowest BCUT2D eigenvalue weighted by molar-refractivity contribution is -0.139. The molecule has 0 aliphatic carbocycles. The zero-order chi connectivity index (χ0) is 13.1. The number of aliphatic hydroxyl groups excluding tert-OH is 2. The molecule has 0 saturated heterocycles. The van der Waals surface area contributed by atoms with Gasteiger partial charge >= 0.3 is 5.97 Å². The smallest absolute Gasteiger partial charge is 0.335 e. The van der Waals surface area contributed by atoms with Crippen molar-refractivity contribution in [2.75, 3.05) is 7.11 Å². The van der Waals surface area contributed by atoms with Gasteiger partial charge in [-0.15, -0.1) is 0 Å². The molecule has 0 heterocycles. The SMILES string of the molecule is C=C(C(=O)OC)C(O)C(C)(C)C(O)C(C)C. The van der Waals surface area contributed by atoms with E-state index in [1.807, 2.05) is 13.8 Å². The van der Waals surface area contributed by atoms with E-state index in [0.29, 0.717) is 0 Å². The summed E-state index contributed by atoms with van der Waals surface area (Å²) in [6.45, 7) is 10.6. The fraction of sp³-hybridized carbons (Fsp3) is 0.750. The molecule has 94 valence electrons. The van der Waals surface area contributed by atoms with Crippen molar-refractivity contribution < 1.29 is 19.7 Å². The summed E-state index contributed by atoms with van der Waals surface area (Å²) in [6, 6.07) is 0. The van der Waals surface area contributed by atoms with Gasteiger partial charge in [-0.3, -0.25) is 0 Å². The number of carbonyl (C=O) groups is 1. The summed E-state index contributed by atoms with van der Waals surface area (Å²) < 4.78 is 4.49. The maximum absolute atomic E-state index is 11.2. The van der Waals surface area contributed by atoms with Crippen LogP contribution in [0.5, 0.6) is 0 Å². The molecule has 4 heteroatoms. The first-order valence-electron chi connectivity index (χ1n) is 5.29. The van der Waals surface area contributed by atoms with Crippen LogP contribution in [0.3, 0.4) is 0 Å². The fourth-order valence-electron chi connectivity index (χ4n) is 1.71. The zero-order valence-corrected chi connectivity index (χ0v) is 10.7. The van der Waals surface area contributed by atoms with E-state index < -0.39 is 23.6 Å². The van der Waals surface area contributed by atoms with Gasteiger partial charge < -0.3 is 14.9 Å². The van der Waals surface area contributed by atoms with Crippen molar-refractivity contribution >= 4 is 5.97 Å². The van der Waals surface area contributed by atoms with E-state index in [1.54, 1.807) is 13.8 Å². The van der Waals surface area contributed by atoms with Crippen LogP contribution < -0.4 is 0 Å². The summed E-state index contributed by atoms with van der Waals surface area (Å²) in [5.74, 6) is -0.674. The number of rotatable bonds is 5. The van der Waals surface area contributed by atoms with Crippen molar-refractivity contribution in [1.82, 2.24) is 0 Å². The van der Waals surface area contributed by atoms with Gasteiger partial charge in [-0.2, -0.15) is 0 Å². The number of carbonyl (C=O) groups excluding carboxylic acids is 1.